The zero-order valence-electron chi connectivity index (χ0n) is 19.8. The maximum atomic E-state index is 13.1. The van der Waals surface area contributed by atoms with Gasteiger partial charge in [0.1, 0.15) is 5.75 Å². The first kappa shape index (κ1) is 24.6. The van der Waals surface area contributed by atoms with Crippen molar-refractivity contribution in [3.05, 3.63) is 53.6 Å². The van der Waals surface area contributed by atoms with E-state index in [-0.39, 0.29) is 23.9 Å². The number of fused-ring (bicyclic) bond motifs is 1. The van der Waals surface area contributed by atoms with Crippen LogP contribution in [0.5, 0.6) is 5.75 Å². The normalized spacial score (nSPS) is 16.1. The average molecular weight is 474 g/mol. The minimum atomic E-state index is -3.67. The Balaban J connectivity index is 1.90. The van der Waals surface area contributed by atoms with E-state index in [1.807, 2.05) is 40.7 Å². The van der Waals surface area contributed by atoms with Gasteiger partial charge in [-0.2, -0.15) is 0 Å². The van der Waals surface area contributed by atoms with Crippen LogP contribution >= 0.6 is 0 Å². The third-order valence-corrected chi connectivity index (χ3v) is 6.38. The molecule has 9 heteroatoms. The van der Waals surface area contributed by atoms with E-state index >= 15 is 0 Å². The van der Waals surface area contributed by atoms with Gasteiger partial charge in [-0.1, -0.05) is 39.0 Å². The number of hydrogen-bond donors (Lipinski definition) is 2. The topological polar surface area (TPSA) is 105 Å². The Kier molecular flexibility index (Phi) is 6.74. The number of anilines is 2. The van der Waals surface area contributed by atoms with Gasteiger partial charge in [0, 0.05) is 6.04 Å². The molecule has 2 N–H and O–H groups in total. The van der Waals surface area contributed by atoms with Crippen molar-refractivity contribution in [3.8, 4) is 5.75 Å². The van der Waals surface area contributed by atoms with Crippen molar-refractivity contribution in [1.82, 2.24) is 5.32 Å². The van der Waals surface area contributed by atoms with Gasteiger partial charge in [0.2, 0.25) is 10.0 Å². The number of nitrogens with zero attached hydrogens (tertiary/aromatic N) is 1. The molecule has 0 radical (unpaired) electrons. The van der Waals surface area contributed by atoms with Crippen LogP contribution in [0.3, 0.4) is 0 Å². The lowest BCUT2D eigenvalue weighted by Crippen LogP contribution is -2.48. The standard InChI is InChI=1S/C24H31N3O5S/c1-15(2)25-22(28)17-9-7-8-10-18(17)26-23(29)21-14-27(33(6,30)31)19-13-16(24(3,4)5)11-12-20(19)32-21/h7-13,15,21H,14H2,1-6H3,(H,25,28)(H,26,29). The quantitative estimate of drug-likeness (QED) is 0.693. The molecular formula is C24H31N3O5S. The van der Waals surface area contributed by atoms with Crippen molar-refractivity contribution < 1.29 is 22.7 Å². The van der Waals surface area contributed by atoms with Crippen LogP contribution in [0, 0.1) is 0 Å². The van der Waals surface area contributed by atoms with Crippen molar-refractivity contribution in [2.75, 3.05) is 22.4 Å². The molecule has 3 rings (SSSR count). The highest BCUT2D eigenvalue weighted by molar-refractivity contribution is 7.92. The van der Waals surface area contributed by atoms with Crippen LogP contribution in [-0.4, -0.2) is 45.2 Å². The number of benzene rings is 2. The zero-order chi connectivity index (χ0) is 24.6. The fourth-order valence-corrected chi connectivity index (χ4v) is 4.42. The van der Waals surface area contributed by atoms with Gasteiger partial charge in [0.05, 0.1) is 29.7 Å². The Hall–Kier alpha value is -3.07. The van der Waals surface area contributed by atoms with E-state index < -0.39 is 22.0 Å². The van der Waals surface area contributed by atoms with Crippen LogP contribution in [-0.2, 0) is 20.2 Å². The predicted octanol–water partition coefficient (Wildman–Crippen LogP) is 3.29. The van der Waals surface area contributed by atoms with Crippen molar-refractivity contribution in [2.24, 2.45) is 0 Å². The molecule has 1 heterocycles. The Morgan fingerprint density at radius 1 is 1.12 bits per heavy atom. The minimum absolute atomic E-state index is 0.0688. The highest BCUT2D eigenvalue weighted by Crippen LogP contribution is 2.38. The Morgan fingerprint density at radius 2 is 1.79 bits per heavy atom. The molecule has 0 saturated heterocycles. The molecule has 0 aliphatic carbocycles. The summed E-state index contributed by atoms with van der Waals surface area (Å²) in [4.78, 5) is 25.6. The van der Waals surface area contributed by atoms with E-state index in [1.54, 1.807) is 36.4 Å². The first-order valence-electron chi connectivity index (χ1n) is 10.8. The number of amides is 2. The van der Waals surface area contributed by atoms with Gasteiger partial charge in [-0.05, 0) is 49.1 Å². The number of carbonyl (C=O) groups is 2. The molecule has 2 aromatic carbocycles. The highest BCUT2D eigenvalue weighted by atomic mass is 32.2. The summed E-state index contributed by atoms with van der Waals surface area (Å²) in [6, 6.07) is 11.9. The Bertz CT molecular complexity index is 1170. The maximum Gasteiger partial charge on any atom is 0.267 e. The molecule has 1 atom stereocenters. The summed E-state index contributed by atoms with van der Waals surface area (Å²) in [6.07, 6.45) is 0.0146. The second-order valence-corrected chi connectivity index (χ2v) is 11.4. The molecule has 0 aromatic heterocycles. The van der Waals surface area contributed by atoms with Gasteiger partial charge in [-0.25, -0.2) is 8.42 Å². The lowest BCUT2D eigenvalue weighted by Gasteiger charge is -2.35. The average Bonchev–Trinajstić information content (AvgIpc) is 2.71. The van der Waals surface area contributed by atoms with E-state index in [2.05, 4.69) is 10.6 Å². The molecule has 0 saturated carbocycles. The number of nitrogens with one attached hydrogen (secondary N) is 2. The van der Waals surface area contributed by atoms with Crippen LogP contribution in [0.25, 0.3) is 0 Å². The van der Waals surface area contributed by atoms with Crippen molar-refractivity contribution in [3.63, 3.8) is 0 Å². The Morgan fingerprint density at radius 3 is 2.39 bits per heavy atom. The first-order chi connectivity index (χ1) is 15.3. The van der Waals surface area contributed by atoms with Gasteiger partial charge in [-0.3, -0.25) is 13.9 Å². The molecule has 1 unspecified atom stereocenters. The van der Waals surface area contributed by atoms with E-state index in [0.29, 0.717) is 22.7 Å². The molecule has 2 aromatic rings. The fourth-order valence-electron chi connectivity index (χ4n) is 3.51. The third kappa shape index (κ3) is 5.65. The summed E-state index contributed by atoms with van der Waals surface area (Å²) in [5.74, 6) is -0.548. The highest BCUT2D eigenvalue weighted by Gasteiger charge is 2.36. The Labute approximate surface area is 195 Å². The van der Waals surface area contributed by atoms with Crippen molar-refractivity contribution in [1.29, 1.82) is 0 Å². The summed E-state index contributed by atoms with van der Waals surface area (Å²) >= 11 is 0. The monoisotopic (exact) mass is 473 g/mol. The van der Waals surface area contributed by atoms with Gasteiger partial charge < -0.3 is 15.4 Å². The molecule has 33 heavy (non-hydrogen) atoms. The van der Waals surface area contributed by atoms with Crippen molar-refractivity contribution in [2.45, 2.75) is 52.2 Å². The maximum absolute atomic E-state index is 13.1. The summed E-state index contributed by atoms with van der Waals surface area (Å²) in [5, 5.41) is 5.53. The second-order valence-electron chi connectivity index (χ2n) is 9.50. The number of ether oxygens (including phenoxy) is 1. The van der Waals surface area contributed by atoms with Crippen molar-refractivity contribution >= 4 is 33.2 Å². The molecular weight excluding hydrogens is 442 g/mol. The zero-order valence-corrected chi connectivity index (χ0v) is 20.6. The van der Waals surface area contributed by atoms with Crippen LogP contribution in [0.4, 0.5) is 11.4 Å². The van der Waals surface area contributed by atoms with Crippen LogP contribution in [0.1, 0.15) is 50.5 Å². The molecule has 2 amide bonds. The van der Waals surface area contributed by atoms with Crippen LogP contribution < -0.4 is 19.7 Å². The van der Waals surface area contributed by atoms with E-state index in [4.69, 9.17) is 4.74 Å². The largest absolute Gasteiger partial charge is 0.476 e. The molecule has 0 spiro atoms. The van der Waals surface area contributed by atoms with E-state index in [0.717, 1.165) is 11.8 Å². The summed E-state index contributed by atoms with van der Waals surface area (Å²) < 4.78 is 32.2. The number of para-hydroxylation sites is 1. The molecule has 0 bridgehead atoms. The van der Waals surface area contributed by atoms with Crippen LogP contribution in [0.15, 0.2) is 42.5 Å². The SMILES string of the molecule is CC(C)NC(=O)c1ccccc1NC(=O)C1CN(S(C)(=O)=O)c2cc(C(C)(C)C)ccc2O1. The van der Waals surface area contributed by atoms with Gasteiger partial charge in [0.25, 0.3) is 11.8 Å². The van der Waals surface area contributed by atoms with Crippen LogP contribution in [0.2, 0.25) is 0 Å². The summed E-state index contributed by atoms with van der Waals surface area (Å²) in [7, 11) is -3.67. The van der Waals surface area contributed by atoms with E-state index in [1.165, 1.54) is 4.31 Å². The fraction of sp³-hybridized carbons (Fsp3) is 0.417. The number of sulfonamides is 1. The second kappa shape index (κ2) is 9.05. The molecule has 0 fully saturated rings. The number of rotatable bonds is 5. The van der Waals surface area contributed by atoms with Gasteiger partial charge >= 0.3 is 0 Å². The molecule has 178 valence electrons. The lowest BCUT2D eigenvalue weighted by molar-refractivity contribution is -0.122. The molecule has 1 aliphatic heterocycles. The summed E-state index contributed by atoms with van der Waals surface area (Å²) in [6.45, 7) is 9.62. The smallest absolute Gasteiger partial charge is 0.267 e. The number of carbonyl (C=O) groups excluding carboxylic acids is 2. The molecule has 1 aliphatic rings. The predicted molar refractivity (Wildman–Crippen MR) is 129 cm³/mol. The lowest BCUT2D eigenvalue weighted by atomic mass is 9.86. The molecule has 8 nitrogen and oxygen atoms in total. The van der Waals surface area contributed by atoms with Gasteiger partial charge in [-0.15, -0.1) is 0 Å². The first-order valence-corrected chi connectivity index (χ1v) is 12.6. The van der Waals surface area contributed by atoms with Gasteiger partial charge in [0.15, 0.2) is 6.10 Å². The minimum Gasteiger partial charge on any atom is -0.476 e. The summed E-state index contributed by atoms with van der Waals surface area (Å²) in [5.41, 5.74) is 1.80. The third-order valence-electron chi connectivity index (χ3n) is 5.24. The number of hydrogen-bond acceptors (Lipinski definition) is 5. The van der Waals surface area contributed by atoms with E-state index in [9.17, 15) is 18.0 Å².